The van der Waals surface area contributed by atoms with Gasteiger partial charge in [0.05, 0.1) is 0 Å². The molecule has 0 saturated heterocycles. The highest BCUT2D eigenvalue weighted by atomic mass is 32.1. The molecule has 1 amide bonds. The largest absolute Gasteiger partial charge is 0.451 e. The Kier molecular flexibility index (Phi) is 4.76. The first kappa shape index (κ1) is 15.7. The molecule has 7 heteroatoms. The van der Waals surface area contributed by atoms with Crippen LogP contribution in [0.25, 0.3) is 0 Å². The zero-order valence-electron chi connectivity index (χ0n) is 13.0. The first-order chi connectivity index (χ1) is 11.2. The summed E-state index contributed by atoms with van der Waals surface area (Å²) in [5, 5.41) is 8.77. The van der Waals surface area contributed by atoms with Crippen molar-refractivity contribution in [3.05, 3.63) is 39.3 Å². The number of nitrogens with zero attached hydrogens (tertiary/aromatic N) is 2. The molecule has 6 nitrogen and oxygen atoms in total. The number of aromatic amines is 1. The number of esters is 1. The van der Waals surface area contributed by atoms with E-state index in [2.05, 4.69) is 17.1 Å². The molecule has 1 aliphatic rings. The van der Waals surface area contributed by atoms with E-state index >= 15 is 0 Å². The number of nitrogens with one attached hydrogen (secondary N) is 1. The number of rotatable bonds is 5. The smallest absolute Gasteiger partial charge is 0.359 e. The van der Waals surface area contributed by atoms with Crippen molar-refractivity contribution in [2.24, 2.45) is 0 Å². The van der Waals surface area contributed by atoms with Crippen LogP contribution in [0.15, 0.2) is 17.5 Å². The summed E-state index contributed by atoms with van der Waals surface area (Å²) in [6.45, 7) is 3.08. The van der Waals surface area contributed by atoms with Crippen molar-refractivity contribution in [2.45, 2.75) is 32.7 Å². The van der Waals surface area contributed by atoms with Gasteiger partial charge in [0.15, 0.2) is 12.3 Å². The van der Waals surface area contributed by atoms with Gasteiger partial charge in [-0.05, 0) is 35.9 Å². The molecule has 0 aromatic carbocycles. The number of hydrogen-bond donors (Lipinski definition) is 1. The zero-order valence-corrected chi connectivity index (χ0v) is 13.8. The highest BCUT2D eigenvalue weighted by molar-refractivity contribution is 7.10. The van der Waals surface area contributed by atoms with E-state index in [4.69, 9.17) is 4.74 Å². The van der Waals surface area contributed by atoms with Crippen LogP contribution in [0, 0.1) is 0 Å². The number of fused-ring (bicyclic) bond motifs is 1. The van der Waals surface area contributed by atoms with Crippen molar-refractivity contribution in [1.82, 2.24) is 15.1 Å². The van der Waals surface area contributed by atoms with Crippen molar-refractivity contribution >= 4 is 23.2 Å². The Morgan fingerprint density at radius 3 is 3.17 bits per heavy atom. The van der Waals surface area contributed by atoms with Crippen LogP contribution in [-0.4, -0.2) is 40.1 Å². The molecule has 0 unspecified atom stereocenters. The first-order valence-corrected chi connectivity index (χ1v) is 8.59. The van der Waals surface area contributed by atoms with Crippen LogP contribution in [-0.2, 0) is 28.9 Å². The number of carbonyl (C=O) groups is 2. The van der Waals surface area contributed by atoms with Gasteiger partial charge in [-0.1, -0.05) is 13.3 Å². The fourth-order valence-electron chi connectivity index (χ4n) is 2.62. The molecule has 0 fully saturated rings. The van der Waals surface area contributed by atoms with Crippen molar-refractivity contribution in [3.8, 4) is 0 Å². The Labute approximate surface area is 138 Å². The molecule has 0 radical (unpaired) electrons. The fraction of sp³-hybridized carbons (Fsp3) is 0.438. The maximum absolute atomic E-state index is 12.2. The summed E-state index contributed by atoms with van der Waals surface area (Å²) < 4.78 is 5.09. The number of thiophene rings is 1. The minimum absolute atomic E-state index is 0.167. The summed E-state index contributed by atoms with van der Waals surface area (Å²) in [6, 6.07) is 3.72. The second-order valence-electron chi connectivity index (χ2n) is 5.54. The van der Waals surface area contributed by atoms with E-state index in [1.165, 1.54) is 10.4 Å². The second kappa shape index (κ2) is 6.95. The molecule has 0 bridgehead atoms. The molecule has 0 aliphatic carbocycles. The summed E-state index contributed by atoms with van der Waals surface area (Å²) in [5.41, 5.74) is 2.31. The average Bonchev–Trinajstić information content (AvgIpc) is 3.20. The Hall–Kier alpha value is -2.15. The zero-order chi connectivity index (χ0) is 16.2. The molecule has 0 atom stereocenters. The quantitative estimate of drug-likeness (QED) is 0.851. The van der Waals surface area contributed by atoms with Crippen molar-refractivity contribution in [1.29, 1.82) is 0 Å². The van der Waals surface area contributed by atoms with E-state index in [0.717, 1.165) is 25.0 Å². The van der Waals surface area contributed by atoms with E-state index in [-0.39, 0.29) is 18.2 Å². The SMILES string of the molecule is CCCc1cc(C(=O)OCC(=O)N2CCc3sccc3C2)n[nH]1. The van der Waals surface area contributed by atoms with Crippen LogP contribution >= 0.6 is 11.3 Å². The predicted octanol–water partition coefficient (Wildman–Crippen LogP) is 2.17. The number of carbonyl (C=O) groups excluding carboxylic acids is 2. The van der Waals surface area contributed by atoms with Crippen molar-refractivity contribution in [3.63, 3.8) is 0 Å². The summed E-state index contributed by atoms with van der Waals surface area (Å²) in [5.74, 6) is -0.732. The molecule has 0 spiro atoms. The van der Waals surface area contributed by atoms with Crippen LogP contribution < -0.4 is 0 Å². The number of hydrogen-bond acceptors (Lipinski definition) is 5. The fourth-order valence-corrected chi connectivity index (χ4v) is 3.51. The molecular weight excluding hydrogens is 314 g/mol. The third kappa shape index (κ3) is 3.61. The normalized spacial score (nSPS) is 13.7. The third-order valence-corrected chi connectivity index (χ3v) is 4.87. The molecule has 2 aromatic rings. The van der Waals surface area contributed by atoms with E-state index in [0.29, 0.717) is 13.1 Å². The van der Waals surface area contributed by atoms with Gasteiger partial charge < -0.3 is 9.64 Å². The van der Waals surface area contributed by atoms with E-state index in [1.54, 1.807) is 22.3 Å². The van der Waals surface area contributed by atoms with E-state index in [1.807, 2.05) is 11.4 Å². The molecule has 0 saturated carbocycles. The lowest BCUT2D eigenvalue weighted by atomic mass is 10.1. The lowest BCUT2D eigenvalue weighted by Gasteiger charge is -2.26. The minimum atomic E-state index is -0.565. The molecule has 122 valence electrons. The molecular formula is C16H19N3O3S. The van der Waals surface area contributed by atoms with Gasteiger partial charge in [-0.2, -0.15) is 5.10 Å². The van der Waals surface area contributed by atoms with Gasteiger partial charge >= 0.3 is 5.97 Å². The van der Waals surface area contributed by atoms with E-state index in [9.17, 15) is 9.59 Å². The van der Waals surface area contributed by atoms with Crippen LogP contribution in [0.3, 0.4) is 0 Å². The summed E-state index contributed by atoms with van der Waals surface area (Å²) in [6.07, 6.45) is 2.66. The lowest BCUT2D eigenvalue weighted by molar-refractivity contribution is -0.135. The second-order valence-corrected chi connectivity index (χ2v) is 6.54. The predicted molar refractivity (Wildman–Crippen MR) is 86.3 cm³/mol. The van der Waals surface area contributed by atoms with Crippen molar-refractivity contribution < 1.29 is 14.3 Å². The Balaban J connectivity index is 1.51. The van der Waals surface area contributed by atoms with Crippen LogP contribution in [0.1, 0.15) is 40.0 Å². The molecule has 1 N–H and O–H groups in total. The summed E-state index contributed by atoms with van der Waals surface area (Å²) in [7, 11) is 0. The van der Waals surface area contributed by atoms with Crippen LogP contribution in [0.2, 0.25) is 0 Å². The molecule has 3 rings (SSSR count). The Morgan fingerprint density at radius 1 is 1.48 bits per heavy atom. The lowest BCUT2D eigenvalue weighted by Crippen LogP contribution is -2.38. The van der Waals surface area contributed by atoms with Gasteiger partial charge in [-0.25, -0.2) is 4.79 Å². The molecule has 3 heterocycles. The molecule has 1 aliphatic heterocycles. The molecule has 2 aromatic heterocycles. The minimum Gasteiger partial charge on any atom is -0.451 e. The van der Waals surface area contributed by atoms with Gasteiger partial charge in [-0.15, -0.1) is 11.3 Å². The number of ether oxygens (including phenoxy) is 1. The first-order valence-electron chi connectivity index (χ1n) is 7.71. The van der Waals surface area contributed by atoms with Crippen molar-refractivity contribution in [2.75, 3.05) is 13.2 Å². The highest BCUT2D eigenvalue weighted by Crippen LogP contribution is 2.23. The topological polar surface area (TPSA) is 75.3 Å². The number of aromatic nitrogens is 2. The molecule has 23 heavy (non-hydrogen) atoms. The number of amides is 1. The summed E-state index contributed by atoms with van der Waals surface area (Å²) >= 11 is 1.73. The standard InChI is InChI=1S/C16H19N3O3S/c1-2-3-12-8-13(18-17-12)16(21)22-10-15(20)19-6-4-14-11(9-19)5-7-23-14/h5,7-8H,2-4,6,9-10H2,1H3,(H,17,18). The Morgan fingerprint density at radius 2 is 2.35 bits per heavy atom. The maximum atomic E-state index is 12.2. The van der Waals surface area contributed by atoms with Gasteiger partial charge in [0.1, 0.15) is 0 Å². The highest BCUT2D eigenvalue weighted by Gasteiger charge is 2.23. The maximum Gasteiger partial charge on any atom is 0.359 e. The van der Waals surface area contributed by atoms with E-state index < -0.39 is 5.97 Å². The van der Waals surface area contributed by atoms with Crippen LogP contribution in [0.5, 0.6) is 0 Å². The average molecular weight is 333 g/mol. The number of aryl methyl sites for hydroxylation is 1. The summed E-state index contributed by atoms with van der Waals surface area (Å²) in [4.78, 5) is 27.2. The third-order valence-electron chi connectivity index (χ3n) is 3.85. The Bertz CT molecular complexity index is 707. The van der Waals surface area contributed by atoms with Gasteiger partial charge in [-0.3, -0.25) is 9.89 Å². The number of H-pyrrole nitrogens is 1. The van der Waals surface area contributed by atoms with Gasteiger partial charge in [0, 0.05) is 23.7 Å². The monoisotopic (exact) mass is 333 g/mol. The van der Waals surface area contributed by atoms with Gasteiger partial charge in [0.25, 0.3) is 5.91 Å². The van der Waals surface area contributed by atoms with Gasteiger partial charge in [0.2, 0.25) is 0 Å². The van der Waals surface area contributed by atoms with Crippen LogP contribution in [0.4, 0.5) is 0 Å².